The highest BCUT2D eigenvalue weighted by Gasteiger charge is 2.32. The van der Waals surface area contributed by atoms with Gasteiger partial charge in [0.15, 0.2) is 11.6 Å². The predicted molar refractivity (Wildman–Crippen MR) is 149 cm³/mol. The lowest BCUT2D eigenvalue weighted by atomic mass is 9.94. The normalized spacial score (nSPS) is 14.6. The average Bonchev–Trinajstić information content (AvgIpc) is 3.33. The Bertz CT molecular complexity index is 1550. The fraction of sp³-hybridized carbons (Fsp3) is 0.258. The van der Waals surface area contributed by atoms with Crippen molar-refractivity contribution in [2.24, 2.45) is 0 Å². The maximum absolute atomic E-state index is 15.5. The number of nitrogens with zero attached hydrogens (tertiary/aromatic N) is 2. The summed E-state index contributed by atoms with van der Waals surface area (Å²) in [5, 5.41) is 0.672. The second kappa shape index (κ2) is 11.3. The Morgan fingerprint density at radius 3 is 2.36 bits per heavy atom. The van der Waals surface area contributed by atoms with Crippen LogP contribution in [0.4, 0.5) is 13.2 Å². The van der Waals surface area contributed by atoms with Gasteiger partial charge in [-0.15, -0.1) is 11.8 Å². The Labute approximate surface area is 230 Å². The number of likely N-dealkylation sites (N-methyl/N-ethyl adjacent to an activating group) is 1. The van der Waals surface area contributed by atoms with Crippen LogP contribution in [0, 0.1) is 24.4 Å². The molecule has 3 aromatic carbocycles. The van der Waals surface area contributed by atoms with Crippen LogP contribution in [-0.2, 0) is 13.0 Å². The van der Waals surface area contributed by atoms with Crippen molar-refractivity contribution in [2.45, 2.75) is 31.0 Å². The molecule has 39 heavy (non-hydrogen) atoms. The molecule has 0 saturated heterocycles. The highest BCUT2D eigenvalue weighted by molar-refractivity contribution is 7.99. The summed E-state index contributed by atoms with van der Waals surface area (Å²) in [6, 6.07) is 18.3. The van der Waals surface area contributed by atoms with Crippen molar-refractivity contribution in [3.63, 3.8) is 0 Å². The monoisotopic (exact) mass is 550 g/mol. The van der Waals surface area contributed by atoms with Gasteiger partial charge in [-0.3, -0.25) is 9.36 Å². The molecule has 0 fully saturated rings. The van der Waals surface area contributed by atoms with Gasteiger partial charge in [-0.05, 0) is 48.9 Å². The number of rotatable bonds is 8. The van der Waals surface area contributed by atoms with E-state index in [0.717, 1.165) is 5.56 Å². The van der Waals surface area contributed by atoms with Crippen molar-refractivity contribution in [3.8, 4) is 16.9 Å². The van der Waals surface area contributed by atoms with Crippen LogP contribution in [-0.4, -0.2) is 35.9 Å². The van der Waals surface area contributed by atoms with E-state index < -0.39 is 17.5 Å². The molecule has 0 bridgehead atoms. The highest BCUT2D eigenvalue weighted by atomic mass is 32.2. The second-order valence-electron chi connectivity index (χ2n) is 9.80. The number of hydrogen-bond donors (Lipinski definition) is 0. The number of fused-ring (bicyclic) bond motifs is 1. The zero-order chi connectivity index (χ0) is 27.7. The highest BCUT2D eigenvalue weighted by Crippen LogP contribution is 2.41. The van der Waals surface area contributed by atoms with Crippen LogP contribution in [0.15, 0.2) is 76.6 Å². The molecule has 1 unspecified atom stereocenters. The quantitative estimate of drug-likeness (QED) is 0.247. The largest absolute Gasteiger partial charge is 0.494 e. The Balaban J connectivity index is 1.64. The first-order chi connectivity index (χ1) is 18.8. The molecule has 1 atom stereocenters. The number of aromatic nitrogens is 1. The third kappa shape index (κ3) is 5.23. The van der Waals surface area contributed by atoms with Gasteiger partial charge in [-0.25, -0.2) is 13.2 Å². The van der Waals surface area contributed by atoms with E-state index in [9.17, 15) is 13.6 Å². The van der Waals surface area contributed by atoms with Gasteiger partial charge in [-0.2, -0.15) is 0 Å². The lowest BCUT2D eigenvalue weighted by Gasteiger charge is -2.24. The number of benzene rings is 3. The maximum atomic E-state index is 15.5. The minimum Gasteiger partial charge on any atom is -0.494 e. The van der Waals surface area contributed by atoms with E-state index in [2.05, 4.69) is 4.90 Å². The fourth-order valence-corrected chi connectivity index (χ4v) is 6.66. The first-order valence-electron chi connectivity index (χ1n) is 12.7. The van der Waals surface area contributed by atoms with Crippen molar-refractivity contribution >= 4 is 11.8 Å². The maximum Gasteiger partial charge on any atom is 0.260 e. The van der Waals surface area contributed by atoms with E-state index >= 15 is 4.39 Å². The number of ether oxygens (including phenoxy) is 1. The first-order valence-corrected chi connectivity index (χ1v) is 13.7. The minimum atomic E-state index is -0.657. The molecule has 0 aliphatic carbocycles. The number of thioether (sulfide) groups is 1. The van der Waals surface area contributed by atoms with E-state index in [1.54, 1.807) is 23.6 Å². The molecular formula is C31H29F3N2O2S. The fourth-order valence-electron chi connectivity index (χ4n) is 5.29. The summed E-state index contributed by atoms with van der Waals surface area (Å²) in [4.78, 5) is 16.2. The predicted octanol–water partition coefficient (Wildman–Crippen LogP) is 6.62. The van der Waals surface area contributed by atoms with Crippen LogP contribution < -0.4 is 10.3 Å². The molecule has 0 amide bonds. The van der Waals surface area contributed by atoms with Crippen molar-refractivity contribution in [3.05, 3.63) is 117 Å². The minimum absolute atomic E-state index is 0.0204. The summed E-state index contributed by atoms with van der Waals surface area (Å²) in [6.45, 7) is 2.99. The number of hydrogen-bond acceptors (Lipinski definition) is 4. The number of pyridine rings is 1. The molecule has 8 heteroatoms. The average molecular weight is 551 g/mol. The summed E-state index contributed by atoms with van der Waals surface area (Å²) < 4.78 is 51.9. The van der Waals surface area contributed by atoms with Gasteiger partial charge in [0.25, 0.3) is 5.56 Å². The molecule has 1 aliphatic rings. The summed E-state index contributed by atoms with van der Waals surface area (Å²) >= 11 is 1.50. The molecule has 4 aromatic rings. The molecule has 1 aromatic heterocycles. The van der Waals surface area contributed by atoms with Gasteiger partial charge >= 0.3 is 0 Å². The first kappa shape index (κ1) is 27.1. The zero-order valence-corrected chi connectivity index (χ0v) is 22.8. The lowest BCUT2D eigenvalue weighted by molar-refractivity contribution is 0.276. The van der Waals surface area contributed by atoms with Gasteiger partial charge in [0.1, 0.15) is 11.6 Å². The standard InChI is InChI=1S/C31H29F3N2O2S/c1-19-23(15-24-25(32)12-8-13-26(24)33)31-36(30(37)28(19)22-11-7-14-27(38-3)29(22)34)21(18-39-31)17-35(2)16-20-9-5-4-6-10-20/h4-14,21H,15-18H2,1-3H3. The Morgan fingerprint density at radius 1 is 0.974 bits per heavy atom. The third-order valence-electron chi connectivity index (χ3n) is 7.20. The van der Waals surface area contributed by atoms with Gasteiger partial charge in [0.2, 0.25) is 0 Å². The number of methoxy groups -OCH3 is 1. The van der Waals surface area contributed by atoms with Crippen LogP contribution in [0.3, 0.4) is 0 Å². The lowest BCUT2D eigenvalue weighted by Crippen LogP contribution is -2.34. The SMILES string of the molecule is COc1cccc(-c2c(C)c(Cc3c(F)cccc3F)c3n(c2=O)C(CN(C)Cc2ccccc2)CS3)c1F. The summed E-state index contributed by atoms with van der Waals surface area (Å²) in [5.74, 6) is -1.32. The van der Waals surface area contributed by atoms with E-state index in [1.807, 2.05) is 37.4 Å². The van der Waals surface area contributed by atoms with Crippen LogP contribution in [0.2, 0.25) is 0 Å². The van der Waals surface area contributed by atoms with Crippen LogP contribution in [0.5, 0.6) is 5.75 Å². The van der Waals surface area contributed by atoms with Crippen molar-refractivity contribution < 1.29 is 17.9 Å². The van der Waals surface area contributed by atoms with Gasteiger partial charge < -0.3 is 9.64 Å². The van der Waals surface area contributed by atoms with Crippen LogP contribution in [0.1, 0.15) is 28.3 Å². The molecule has 0 radical (unpaired) electrons. The van der Waals surface area contributed by atoms with Crippen LogP contribution in [0.25, 0.3) is 11.1 Å². The molecule has 1 aliphatic heterocycles. The molecule has 4 nitrogen and oxygen atoms in total. The topological polar surface area (TPSA) is 34.5 Å². The third-order valence-corrected chi connectivity index (χ3v) is 8.47. The van der Waals surface area contributed by atoms with Crippen molar-refractivity contribution in [2.75, 3.05) is 26.5 Å². The van der Waals surface area contributed by atoms with Gasteiger partial charge in [0.05, 0.1) is 23.7 Å². The van der Waals surface area contributed by atoms with E-state index in [1.165, 1.54) is 43.1 Å². The smallest absolute Gasteiger partial charge is 0.260 e. The second-order valence-corrected chi connectivity index (χ2v) is 10.8. The molecule has 202 valence electrons. The molecule has 0 N–H and O–H groups in total. The molecule has 0 saturated carbocycles. The van der Waals surface area contributed by atoms with Crippen molar-refractivity contribution in [1.29, 1.82) is 0 Å². The number of halogens is 3. The summed E-state index contributed by atoms with van der Waals surface area (Å²) in [5.41, 5.74) is 2.16. The summed E-state index contributed by atoms with van der Waals surface area (Å²) in [7, 11) is 3.36. The Kier molecular flexibility index (Phi) is 7.86. The Hall–Kier alpha value is -3.49. The van der Waals surface area contributed by atoms with Crippen LogP contribution >= 0.6 is 11.8 Å². The van der Waals surface area contributed by atoms with E-state index in [-0.39, 0.29) is 40.5 Å². The molecule has 0 spiro atoms. The van der Waals surface area contributed by atoms with E-state index in [0.29, 0.717) is 35.0 Å². The molecule has 5 rings (SSSR count). The molecule has 2 heterocycles. The Morgan fingerprint density at radius 2 is 1.67 bits per heavy atom. The van der Waals surface area contributed by atoms with E-state index in [4.69, 9.17) is 4.74 Å². The zero-order valence-electron chi connectivity index (χ0n) is 22.0. The van der Waals surface area contributed by atoms with Crippen molar-refractivity contribution in [1.82, 2.24) is 9.47 Å². The van der Waals surface area contributed by atoms with Gasteiger partial charge in [-0.1, -0.05) is 48.5 Å². The molecular weight excluding hydrogens is 521 g/mol. The summed E-state index contributed by atoms with van der Waals surface area (Å²) in [6.07, 6.45) is -0.0574. The van der Waals surface area contributed by atoms with Gasteiger partial charge in [0, 0.05) is 36.4 Å².